The fraction of sp³-hybridized carbons (Fsp3) is 0.120. The van der Waals surface area contributed by atoms with Gasteiger partial charge in [-0.3, -0.25) is 14.9 Å². The van der Waals surface area contributed by atoms with Crippen LogP contribution in [0.4, 0.5) is 11.4 Å². The number of nitrogens with one attached hydrogen (secondary N) is 1. The van der Waals surface area contributed by atoms with E-state index in [1.165, 1.54) is 36.9 Å². The molecule has 33 heavy (non-hydrogen) atoms. The highest BCUT2D eigenvalue weighted by Crippen LogP contribution is 2.29. The quantitative estimate of drug-likeness (QED) is 0.226. The summed E-state index contributed by atoms with van der Waals surface area (Å²) in [5.41, 5.74) is 2.56. The number of rotatable bonds is 8. The Morgan fingerprint density at radius 3 is 2.42 bits per heavy atom. The number of carbonyl (C=O) groups excluding carboxylic acids is 1. The number of nitro groups is 1. The van der Waals surface area contributed by atoms with Gasteiger partial charge in [0.1, 0.15) is 29.7 Å². The molecule has 1 amide bonds. The molecule has 3 aromatic carbocycles. The van der Waals surface area contributed by atoms with E-state index in [-0.39, 0.29) is 22.7 Å². The van der Waals surface area contributed by atoms with E-state index in [0.29, 0.717) is 17.9 Å². The summed E-state index contributed by atoms with van der Waals surface area (Å²) in [7, 11) is 1.38. The summed E-state index contributed by atoms with van der Waals surface area (Å²) in [6.07, 6.45) is 1.42. The van der Waals surface area contributed by atoms with Gasteiger partial charge in [0.05, 0.1) is 17.7 Å². The monoisotopic (exact) mass is 443 g/mol. The van der Waals surface area contributed by atoms with Crippen LogP contribution in [-0.4, -0.2) is 17.9 Å². The van der Waals surface area contributed by atoms with Crippen molar-refractivity contribution >= 4 is 23.4 Å². The lowest BCUT2D eigenvalue weighted by atomic mass is 10.1. The zero-order chi connectivity index (χ0) is 23.8. The number of aryl methyl sites for hydroxylation is 1. The Labute approximate surface area is 190 Å². The number of hydrogen-bond acceptors (Lipinski definition) is 6. The molecule has 0 aromatic heterocycles. The zero-order valence-corrected chi connectivity index (χ0v) is 18.1. The van der Waals surface area contributed by atoms with Crippen molar-refractivity contribution in [3.63, 3.8) is 0 Å². The molecule has 0 saturated heterocycles. The number of carbonyl (C=O) groups is 1. The first kappa shape index (κ1) is 23.0. The van der Waals surface area contributed by atoms with E-state index in [4.69, 9.17) is 9.47 Å². The van der Waals surface area contributed by atoms with E-state index in [9.17, 15) is 20.2 Å². The second-order valence-corrected chi connectivity index (χ2v) is 7.11. The molecule has 0 spiro atoms. The first-order valence-corrected chi connectivity index (χ1v) is 9.93. The molecule has 3 rings (SSSR count). The number of hydrogen-bond donors (Lipinski definition) is 1. The molecule has 0 bridgehead atoms. The molecule has 0 aliphatic rings. The fourth-order valence-corrected chi connectivity index (χ4v) is 2.92. The lowest BCUT2D eigenvalue weighted by Gasteiger charge is -2.10. The van der Waals surface area contributed by atoms with Crippen LogP contribution in [-0.2, 0) is 11.4 Å². The minimum Gasteiger partial charge on any atom is -0.495 e. The van der Waals surface area contributed by atoms with Crippen molar-refractivity contribution in [1.29, 1.82) is 5.26 Å². The smallest absolute Gasteiger partial charge is 0.271 e. The van der Waals surface area contributed by atoms with Gasteiger partial charge in [0, 0.05) is 12.1 Å². The van der Waals surface area contributed by atoms with Crippen molar-refractivity contribution in [3.8, 4) is 17.6 Å². The van der Waals surface area contributed by atoms with Crippen LogP contribution in [0.25, 0.3) is 6.08 Å². The SMILES string of the molecule is COc1ccc([N+](=O)[O-])cc1NC(=O)/C(C#N)=C/c1ccc(OCc2ccc(C)cc2)cc1. The molecule has 166 valence electrons. The van der Waals surface area contributed by atoms with Gasteiger partial charge in [-0.1, -0.05) is 42.0 Å². The Morgan fingerprint density at radius 2 is 1.82 bits per heavy atom. The second kappa shape index (κ2) is 10.6. The standard InChI is InChI=1S/C25H21N3O5/c1-17-3-5-19(6-4-17)16-33-22-10-7-18(8-11-22)13-20(15-26)25(29)27-23-14-21(28(30)31)9-12-24(23)32-2/h3-14H,16H2,1-2H3,(H,27,29)/b20-13+. The van der Waals surface area contributed by atoms with Crippen molar-refractivity contribution in [2.75, 3.05) is 12.4 Å². The lowest BCUT2D eigenvalue weighted by molar-refractivity contribution is -0.384. The van der Waals surface area contributed by atoms with Crippen LogP contribution >= 0.6 is 0 Å². The van der Waals surface area contributed by atoms with Gasteiger partial charge < -0.3 is 14.8 Å². The largest absolute Gasteiger partial charge is 0.495 e. The molecule has 0 atom stereocenters. The van der Waals surface area contributed by atoms with E-state index < -0.39 is 10.8 Å². The molecule has 0 saturated carbocycles. The topological polar surface area (TPSA) is 114 Å². The van der Waals surface area contributed by atoms with Gasteiger partial charge in [0.15, 0.2) is 0 Å². The van der Waals surface area contributed by atoms with Crippen molar-refractivity contribution in [3.05, 3.63) is 99.1 Å². The van der Waals surface area contributed by atoms with Crippen molar-refractivity contribution in [1.82, 2.24) is 0 Å². The van der Waals surface area contributed by atoms with Crippen LogP contribution in [0.15, 0.2) is 72.3 Å². The molecule has 0 aliphatic heterocycles. The Bertz CT molecular complexity index is 1230. The number of nitro benzene ring substituents is 1. The third kappa shape index (κ3) is 6.18. The molecule has 0 radical (unpaired) electrons. The van der Waals surface area contributed by atoms with Gasteiger partial charge in [-0.15, -0.1) is 0 Å². The molecular weight excluding hydrogens is 422 g/mol. The Hall–Kier alpha value is -4.64. The van der Waals surface area contributed by atoms with Gasteiger partial charge >= 0.3 is 0 Å². The number of methoxy groups -OCH3 is 1. The van der Waals surface area contributed by atoms with Gasteiger partial charge in [0.2, 0.25) is 0 Å². The van der Waals surface area contributed by atoms with Gasteiger partial charge in [-0.25, -0.2) is 0 Å². The maximum Gasteiger partial charge on any atom is 0.271 e. The summed E-state index contributed by atoms with van der Waals surface area (Å²) in [4.78, 5) is 23.0. The summed E-state index contributed by atoms with van der Waals surface area (Å²) < 4.78 is 10.9. The lowest BCUT2D eigenvalue weighted by Crippen LogP contribution is -2.14. The highest BCUT2D eigenvalue weighted by molar-refractivity contribution is 6.10. The third-order valence-corrected chi connectivity index (χ3v) is 4.72. The van der Waals surface area contributed by atoms with Crippen molar-refractivity contribution < 1.29 is 19.2 Å². The van der Waals surface area contributed by atoms with E-state index in [2.05, 4.69) is 5.32 Å². The van der Waals surface area contributed by atoms with E-state index in [0.717, 1.165) is 5.56 Å². The summed E-state index contributed by atoms with van der Waals surface area (Å²) in [6.45, 7) is 2.44. The van der Waals surface area contributed by atoms with Gasteiger partial charge in [-0.2, -0.15) is 5.26 Å². The predicted molar refractivity (Wildman–Crippen MR) is 124 cm³/mol. The number of benzene rings is 3. The van der Waals surface area contributed by atoms with E-state index in [1.54, 1.807) is 24.3 Å². The van der Waals surface area contributed by atoms with E-state index in [1.807, 2.05) is 37.3 Å². The average Bonchev–Trinajstić information content (AvgIpc) is 2.82. The van der Waals surface area contributed by atoms with Crippen LogP contribution in [0.3, 0.4) is 0 Å². The Balaban J connectivity index is 1.70. The predicted octanol–water partition coefficient (Wildman–Crippen LogP) is 5.04. The highest BCUT2D eigenvalue weighted by atomic mass is 16.6. The van der Waals surface area contributed by atoms with Crippen molar-refractivity contribution in [2.45, 2.75) is 13.5 Å². The van der Waals surface area contributed by atoms with Gasteiger partial charge in [-0.05, 0) is 42.3 Å². The molecule has 8 nitrogen and oxygen atoms in total. The maximum absolute atomic E-state index is 12.6. The Kier molecular flexibility index (Phi) is 7.39. The molecule has 0 unspecified atom stereocenters. The first-order chi connectivity index (χ1) is 15.9. The third-order valence-electron chi connectivity index (χ3n) is 4.72. The highest BCUT2D eigenvalue weighted by Gasteiger charge is 2.16. The van der Waals surface area contributed by atoms with Crippen LogP contribution in [0.1, 0.15) is 16.7 Å². The van der Waals surface area contributed by atoms with Crippen LogP contribution in [0.5, 0.6) is 11.5 Å². The molecule has 8 heteroatoms. The van der Waals surface area contributed by atoms with Crippen LogP contribution in [0, 0.1) is 28.4 Å². The maximum atomic E-state index is 12.6. The normalized spacial score (nSPS) is 10.8. The second-order valence-electron chi connectivity index (χ2n) is 7.11. The Morgan fingerprint density at radius 1 is 1.12 bits per heavy atom. The molecular formula is C25H21N3O5. The van der Waals surface area contributed by atoms with Crippen molar-refractivity contribution in [2.24, 2.45) is 0 Å². The molecule has 3 aromatic rings. The summed E-state index contributed by atoms with van der Waals surface area (Å²) in [5.74, 6) is 0.175. The number of ether oxygens (including phenoxy) is 2. The average molecular weight is 443 g/mol. The van der Waals surface area contributed by atoms with Gasteiger partial charge in [0.25, 0.3) is 11.6 Å². The molecule has 0 heterocycles. The molecule has 0 fully saturated rings. The number of nitrogens with zero attached hydrogens (tertiary/aromatic N) is 2. The number of amides is 1. The summed E-state index contributed by atoms with van der Waals surface area (Å²) in [5, 5.41) is 23.0. The number of nitriles is 1. The fourth-order valence-electron chi connectivity index (χ4n) is 2.92. The van der Waals surface area contributed by atoms with Crippen LogP contribution < -0.4 is 14.8 Å². The number of non-ortho nitro benzene ring substituents is 1. The van der Waals surface area contributed by atoms with E-state index >= 15 is 0 Å². The minimum atomic E-state index is -0.712. The number of anilines is 1. The van der Waals surface area contributed by atoms with Crippen LogP contribution in [0.2, 0.25) is 0 Å². The summed E-state index contributed by atoms with van der Waals surface area (Å²) >= 11 is 0. The summed E-state index contributed by atoms with van der Waals surface area (Å²) in [6, 6.07) is 20.6. The molecule has 0 aliphatic carbocycles. The minimum absolute atomic E-state index is 0.0951. The zero-order valence-electron chi connectivity index (χ0n) is 18.1. The molecule has 1 N–H and O–H groups in total. The first-order valence-electron chi connectivity index (χ1n) is 9.93.